The molecular weight excluding hydrogens is 400 g/mol. The Hall–Kier alpha value is -0.800. The number of aliphatic hydroxyl groups is 1. The van der Waals surface area contributed by atoms with Gasteiger partial charge in [0.25, 0.3) is 0 Å². The summed E-state index contributed by atoms with van der Waals surface area (Å²) in [5, 5.41) is 10.7. The smallest absolute Gasteiger partial charge is 0.160 e. The van der Waals surface area contributed by atoms with Crippen molar-refractivity contribution in [1.29, 1.82) is 0 Å². The van der Waals surface area contributed by atoms with Gasteiger partial charge >= 0.3 is 0 Å². The van der Waals surface area contributed by atoms with Gasteiger partial charge in [-0.15, -0.1) is 0 Å². The molecule has 2 saturated heterocycles. The van der Waals surface area contributed by atoms with Gasteiger partial charge in [-0.3, -0.25) is 0 Å². The van der Waals surface area contributed by atoms with E-state index in [9.17, 15) is 5.11 Å². The molecule has 0 aromatic heterocycles. The average Bonchev–Trinajstić information content (AvgIpc) is 3.58. The molecule has 10 atom stereocenters. The summed E-state index contributed by atoms with van der Waals surface area (Å²) < 4.78 is 34.0. The van der Waals surface area contributed by atoms with E-state index in [4.69, 9.17) is 28.4 Å². The fourth-order valence-corrected chi connectivity index (χ4v) is 4.53. The van der Waals surface area contributed by atoms with E-state index in [1.54, 1.807) is 28.4 Å². The molecule has 2 aliphatic heterocycles. The maximum atomic E-state index is 10.7. The van der Waals surface area contributed by atoms with Crippen LogP contribution < -0.4 is 0 Å². The van der Waals surface area contributed by atoms with E-state index in [1.807, 2.05) is 32.1 Å². The van der Waals surface area contributed by atoms with Crippen LogP contribution in [0.15, 0.2) is 23.8 Å². The topological polar surface area (TPSA) is 78.9 Å². The minimum atomic E-state index is -0.555. The Morgan fingerprint density at radius 3 is 2.32 bits per heavy atom. The van der Waals surface area contributed by atoms with Gasteiger partial charge < -0.3 is 33.5 Å². The van der Waals surface area contributed by atoms with Crippen molar-refractivity contribution in [2.45, 2.75) is 89.6 Å². The zero-order chi connectivity index (χ0) is 23.1. The van der Waals surface area contributed by atoms with E-state index in [0.717, 1.165) is 12.0 Å². The van der Waals surface area contributed by atoms with E-state index < -0.39 is 6.10 Å². The summed E-state index contributed by atoms with van der Waals surface area (Å²) in [6, 6.07) is 0. The highest BCUT2D eigenvalue weighted by Crippen LogP contribution is 2.37. The molecule has 0 bridgehead atoms. The Balaban J connectivity index is 1.96. The van der Waals surface area contributed by atoms with Gasteiger partial charge in [-0.25, -0.2) is 0 Å². The predicted octanol–water partition coefficient (Wildman–Crippen LogP) is 3.11. The van der Waals surface area contributed by atoms with Crippen LogP contribution in [-0.2, 0) is 28.4 Å². The van der Waals surface area contributed by atoms with Crippen LogP contribution in [-0.4, -0.2) is 82.6 Å². The van der Waals surface area contributed by atoms with Crippen LogP contribution in [0.25, 0.3) is 0 Å². The van der Waals surface area contributed by atoms with Gasteiger partial charge in [0.15, 0.2) is 6.29 Å². The molecular formula is C24H42O7. The van der Waals surface area contributed by atoms with Crippen molar-refractivity contribution >= 4 is 0 Å². The van der Waals surface area contributed by atoms with Gasteiger partial charge in [0.2, 0.25) is 0 Å². The molecule has 0 unspecified atom stereocenters. The molecule has 31 heavy (non-hydrogen) atoms. The largest absolute Gasteiger partial charge is 0.390 e. The van der Waals surface area contributed by atoms with Crippen LogP contribution in [0.1, 0.15) is 40.5 Å². The highest BCUT2D eigenvalue weighted by atomic mass is 16.7. The second-order valence-electron chi connectivity index (χ2n) is 8.68. The van der Waals surface area contributed by atoms with Gasteiger partial charge in [0.1, 0.15) is 18.3 Å². The number of allylic oxidation sites excluding steroid dienone is 2. The van der Waals surface area contributed by atoms with Crippen LogP contribution in [0.3, 0.4) is 0 Å². The van der Waals surface area contributed by atoms with E-state index >= 15 is 0 Å². The maximum Gasteiger partial charge on any atom is 0.160 e. The first-order valence-electron chi connectivity index (χ1n) is 11.3. The van der Waals surface area contributed by atoms with Gasteiger partial charge in [-0.2, -0.15) is 0 Å². The summed E-state index contributed by atoms with van der Waals surface area (Å²) in [5.74, 6) is 0.211. The van der Waals surface area contributed by atoms with Crippen LogP contribution in [0.2, 0.25) is 0 Å². The number of methoxy groups -OCH3 is 4. The molecule has 2 heterocycles. The third-order valence-corrected chi connectivity index (χ3v) is 6.69. The van der Waals surface area contributed by atoms with E-state index in [0.29, 0.717) is 6.42 Å². The Labute approximate surface area is 187 Å². The number of ether oxygens (including phenoxy) is 6. The quantitative estimate of drug-likeness (QED) is 0.367. The molecule has 7 nitrogen and oxygen atoms in total. The van der Waals surface area contributed by atoms with Crippen molar-refractivity contribution in [2.75, 3.05) is 28.4 Å². The molecule has 1 N–H and O–H groups in total. The molecule has 180 valence electrons. The molecule has 2 aliphatic rings. The Morgan fingerprint density at radius 1 is 1.06 bits per heavy atom. The lowest BCUT2D eigenvalue weighted by Crippen LogP contribution is -2.51. The Bertz CT molecular complexity index is 588. The summed E-state index contributed by atoms with van der Waals surface area (Å²) >= 11 is 0. The first-order valence-corrected chi connectivity index (χ1v) is 11.3. The van der Waals surface area contributed by atoms with Gasteiger partial charge in [-0.1, -0.05) is 39.0 Å². The Kier molecular flexibility index (Phi) is 10.6. The summed E-state index contributed by atoms with van der Waals surface area (Å²) in [7, 11) is 6.71. The highest BCUT2D eigenvalue weighted by Gasteiger charge is 2.50. The van der Waals surface area contributed by atoms with Crippen LogP contribution in [0, 0.1) is 11.8 Å². The second-order valence-corrected chi connectivity index (χ2v) is 8.68. The molecule has 0 aromatic rings. The monoisotopic (exact) mass is 442 g/mol. The molecule has 0 amide bonds. The minimum absolute atomic E-state index is 0.0437. The van der Waals surface area contributed by atoms with Crippen molar-refractivity contribution in [3.05, 3.63) is 23.8 Å². The summed E-state index contributed by atoms with van der Waals surface area (Å²) in [5.41, 5.74) is 1.01. The predicted molar refractivity (Wildman–Crippen MR) is 119 cm³/mol. The maximum absolute atomic E-state index is 10.7. The second kappa shape index (κ2) is 12.4. The average molecular weight is 443 g/mol. The first kappa shape index (κ1) is 26.5. The summed E-state index contributed by atoms with van der Waals surface area (Å²) in [6.45, 7) is 8.23. The molecule has 0 radical (unpaired) electrons. The number of rotatable bonds is 12. The van der Waals surface area contributed by atoms with Gasteiger partial charge in [0, 0.05) is 46.7 Å². The SMILES string of the molecule is CC[C@H](OC)[C@@H](C)[C@H]1O[C@@H]1[C@H](O)[C@@H](C)/C=C/C=C(\C)[C@@H]1O[C@@H](OC)C[C@H](OC)[C@H]1OC. The zero-order valence-corrected chi connectivity index (χ0v) is 20.3. The van der Waals surface area contributed by atoms with E-state index in [1.165, 1.54) is 0 Å². The van der Waals surface area contributed by atoms with Crippen LogP contribution in [0.5, 0.6) is 0 Å². The van der Waals surface area contributed by atoms with Crippen molar-refractivity contribution in [3.63, 3.8) is 0 Å². The normalized spacial score (nSPS) is 35.7. The Morgan fingerprint density at radius 2 is 1.77 bits per heavy atom. The van der Waals surface area contributed by atoms with Gasteiger partial charge in [0.05, 0.1) is 24.4 Å². The molecule has 2 fully saturated rings. The van der Waals surface area contributed by atoms with Gasteiger partial charge in [-0.05, 0) is 18.9 Å². The lowest BCUT2D eigenvalue weighted by atomic mass is 9.91. The zero-order valence-electron chi connectivity index (χ0n) is 20.3. The third-order valence-electron chi connectivity index (χ3n) is 6.69. The van der Waals surface area contributed by atoms with E-state index in [-0.39, 0.29) is 54.7 Å². The standard InChI is InChI=1S/C24H42O7/c1-9-17(26-5)16(4)22-24(31-22)20(25)14(2)11-10-12-15(3)21-23(29-8)18(27-6)13-19(28-7)30-21/h10-12,14,16-25H,9,13H2,1-8H3/b11-10+,15-12+/t14-,16+,17-,18-,19+,20+,21-,22+,23+,24+/m0/s1. The molecule has 0 aliphatic carbocycles. The van der Waals surface area contributed by atoms with Crippen molar-refractivity contribution < 1.29 is 33.5 Å². The van der Waals surface area contributed by atoms with Crippen LogP contribution >= 0.6 is 0 Å². The molecule has 2 rings (SSSR count). The first-order chi connectivity index (χ1) is 14.8. The number of aliphatic hydroxyl groups excluding tert-OH is 1. The molecule has 0 spiro atoms. The molecule has 7 heteroatoms. The van der Waals surface area contributed by atoms with Crippen molar-refractivity contribution in [2.24, 2.45) is 11.8 Å². The summed E-state index contributed by atoms with van der Waals surface area (Å²) in [4.78, 5) is 0. The number of hydrogen-bond acceptors (Lipinski definition) is 7. The fraction of sp³-hybridized carbons (Fsp3) is 0.833. The number of hydrogen-bond donors (Lipinski definition) is 1. The fourth-order valence-electron chi connectivity index (χ4n) is 4.53. The van der Waals surface area contributed by atoms with Crippen LogP contribution in [0.4, 0.5) is 0 Å². The van der Waals surface area contributed by atoms with Crippen molar-refractivity contribution in [3.8, 4) is 0 Å². The highest BCUT2D eigenvalue weighted by molar-refractivity contribution is 5.18. The molecule has 0 saturated carbocycles. The lowest BCUT2D eigenvalue weighted by Gasteiger charge is -2.40. The summed E-state index contributed by atoms with van der Waals surface area (Å²) in [6.07, 6.45) is 6.08. The lowest BCUT2D eigenvalue weighted by molar-refractivity contribution is -0.241. The molecule has 0 aromatic carbocycles. The van der Waals surface area contributed by atoms with Crippen molar-refractivity contribution in [1.82, 2.24) is 0 Å². The van der Waals surface area contributed by atoms with E-state index in [2.05, 4.69) is 13.8 Å². The minimum Gasteiger partial charge on any atom is -0.390 e. The number of epoxide rings is 1. The third kappa shape index (κ3) is 6.60.